The Kier molecular flexibility index (Phi) is 3.10. The van der Waals surface area contributed by atoms with Gasteiger partial charge in [-0.2, -0.15) is 0 Å². The third kappa shape index (κ3) is 2.17. The Labute approximate surface area is 99.8 Å². The van der Waals surface area contributed by atoms with Gasteiger partial charge in [0, 0.05) is 9.75 Å². The van der Waals surface area contributed by atoms with E-state index in [4.69, 9.17) is 0 Å². The second kappa shape index (κ2) is 4.38. The lowest BCUT2D eigenvalue weighted by atomic mass is 10.1. The van der Waals surface area contributed by atoms with Crippen LogP contribution in [0.15, 0.2) is 30.3 Å². The highest BCUT2D eigenvalue weighted by Gasteiger charge is 2.10. The van der Waals surface area contributed by atoms with Gasteiger partial charge in [0.05, 0.1) is 0 Å². The van der Waals surface area contributed by atoms with Gasteiger partial charge in [0.2, 0.25) is 0 Å². The van der Waals surface area contributed by atoms with Crippen LogP contribution in [0.5, 0.6) is 0 Å². The van der Waals surface area contributed by atoms with E-state index in [0.717, 1.165) is 5.56 Å². The van der Waals surface area contributed by atoms with Crippen LogP contribution >= 0.6 is 11.3 Å². The van der Waals surface area contributed by atoms with Crippen LogP contribution in [-0.4, -0.2) is 0 Å². The summed E-state index contributed by atoms with van der Waals surface area (Å²) in [6.45, 7) is 6.54. The number of rotatable bonds is 2. The molecule has 0 N–H and O–H groups in total. The molecule has 84 valence electrons. The van der Waals surface area contributed by atoms with Crippen molar-refractivity contribution in [2.45, 2.75) is 26.7 Å². The second-order valence-corrected chi connectivity index (χ2v) is 5.40. The van der Waals surface area contributed by atoms with Crippen LogP contribution in [0, 0.1) is 12.7 Å². The number of aryl methyl sites for hydroxylation is 1. The molecule has 0 radical (unpaired) electrons. The van der Waals surface area contributed by atoms with Crippen molar-refractivity contribution < 1.29 is 4.39 Å². The molecule has 0 saturated carbocycles. The van der Waals surface area contributed by atoms with Gasteiger partial charge < -0.3 is 0 Å². The van der Waals surface area contributed by atoms with Crippen molar-refractivity contribution in [3.05, 3.63) is 46.6 Å². The zero-order chi connectivity index (χ0) is 11.7. The Morgan fingerprint density at radius 1 is 1.12 bits per heavy atom. The number of halogens is 1. The summed E-state index contributed by atoms with van der Waals surface area (Å²) in [5.41, 5.74) is 2.43. The van der Waals surface area contributed by atoms with Crippen LogP contribution in [0.1, 0.15) is 30.2 Å². The van der Waals surface area contributed by atoms with Crippen LogP contribution in [0.25, 0.3) is 10.4 Å². The zero-order valence-corrected chi connectivity index (χ0v) is 10.6. The largest absolute Gasteiger partial charge is 0.207 e. The maximum absolute atomic E-state index is 12.8. The molecule has 0 spiro atoms. The quantitative estimate of drug-likeness (QED) is 0.687. The van der Waals surface area contributed by atoms with Gasteiger partial charge in [0.1, 0.15) is 5.82 Å². The van der Waals surface area contributed by atoms with Crippen LogP contribution in [-0.2, 0) is 0 Å². The lowest BCUT2D eigenvalue weighted by Crippen LogP contribution is -1.82. The Balaban J connectivity index is 2.41. The molecule has 16 heavy (non-hydrogen) atoms. The number of hydrogen-bond donors (Lipinski definition) is 0. The molecule has 2 rings (SSSR count). The summed E-state index contributed by atoms with van der Waals surface area (Å²) in [4.78, 5) is 2.64. The number of hydrogen-bond acceptors (Lipinski definition) is 1. The molecule has 0 aliphatic heterocycles. The van der Waals surface area contributed by atoms with Crippen molar-refractivity contribution in [2.24, 2.45) is 0 Å². The van der Waals surface area contributed by atoms with Crippen LogP contribution in [0.3, 0.4) is 0 Å². The molecular weight excluding hydrogens is 219 g/mol. The van der Waals surface area contributed by atoms with E-state index in [1.807, 2.05) is 12.1 Å². The van der Waals surface area contributed by atoms with Crippen LogP contribution < -0.4 is 0 Å². The summed E-state index contributed by atoms with van der Waals surface area (Å²) < 4.78 is 12.8. The SMILES string of the molecule is Cc1cc(-c2ccc(F)cc2)sc1C(C)C. The van der Waals surface area contributed by atoms with E-state index in [1.165, 1.54) is 27.5 Å². The van der Waals surface area contributed by atoms with Crippen LogP contribution in [0.4, 0.5) is 4.39 Å². The van der Waals surface area contributed by atoms with Gasteiger partial charge in [0.15, 0.2) is 0 Å². The van der Waals surface area contributed by atoms with E-state index < -0.39 is 0 Å². The van der Waals surface area contributed by atoms with Gasteiger partial charge in [-0.3, -0.25) is 0 Å². The average molecular weight is 234 g/mol. The van der Waals surface area contributed by atoms with Crippen molar-refractivity contribution in [2.75, 3.05) is 0 Å². The highest BCUT2D eigenvalue weighted by Crippen LogP contribution is 2.35. The van der Waals surface area contributed by atoms with Crippen LogP contribution in [0.2, 0.25) is 0 Å². The molecule has 0 bridgehead atoms. The molecule has 0 nitrogen and oxygen atoms in total. The molecule has 1 aromatic heterocycles. The topological polar surface area (TPSA) is 0 Å². The summed E-state index contributed by atoms with van der Waals surface area (Å²) in [6, 6.07) is 8.89. The van der Waals surface area contributed by atoms with E-state index in [-0.39, 0.29) is 5.82 Å². The normalized spacial score (nSPS) is 11.1. The van der Waals surface area contributed by atoms with E-state index in [9.17, 15) is 4.39 Å². The molecule has 0 saturated heterocycles. The molecule has 0 unspecified atom stereocenters. The van der Waals surface area contributed by atoms with Gasteiger partial charge >= 0.3 is 0 Å². The average Bonchev–Trinajstić information content (AvgIpc) is 2.61. The fourth-order valence-electron chi connectivity index (χ4n) is 1.83. The molecule has 2 heteroatoms. The first kappa shape index (κ1) is 11.3. The van der Waals surface area contributed by atoms with Gasteiger partial charge in [-0.25, -0.2) is 4.39 Å². The van der Waals surface area contributed by atoms with Crippen molar-refractivity contribution >= 4 is 11.3 Å². The second-order valence-electron chi connectivity index (χ2n) is 4.32. The fraction of sp³-hybridized carbons (Fsp3) is 0.286. The Morgan fingerprint density at radius 2 is 1.75 bits per heavy atom. The lowest BCUT2D eigenvalue weighted by Gasteiger charge is -2.01. The molecule has 0 amide bonds. The number of benzene rings is 1. The summed E-state index contributed by atoms with van der Waals surface area (Å²) in [6.07, 6.45) is 0. The Hall–Kier alpha value is -1.15. The molecule has 0 atom stereocenters. The maximum Gasteiger partial charge on any atom is 0.123 e. The molecule has 2 aromatic rings. The summed E-state index contributed by atoms with van der Waals surface area (Å²) >= 11 is 1.80. The molecule has 0 aliphatic rings. The monoisotopic (exact) mass is 234 g/mol. The smallest absolute Gasteiger partial charge is 0.123 e. The van der Waals surface area contributed by atoms with Gasteiger partial charge in [-0.15, -0.1) is 11.3 Å². The van der Waals surface area contributed by atoms with Crippen molar-refractivity contribution in [1.29, 1.82) is 0 Å². The van der Waals surface area contributed by atoms with E-state index in [1.54, 1.807) is 11.3 Å². The van der Waals surface area contributed by atoms with Crippen molar-refractivity contribution in [3.63, 3.8) is 0 Å². The molecular formula is C14H15FS. The van der Waals surface area contributed by atoms with Gasteiger partial charge in [-0.05, 0) is 42.2 Å². The third-order valence-corrected chi connectivity index (χ3v) is 4.20. The molecule has 1 aromatic carbocycles. The minimum absolute atomic E-state index is 0.180. The fourth-order valence-corrected chi connectivity index (χ4v) is 3.01. The summed E-state index contributed by atoms with van der Waals surface area (Å²) in [5, 5.41) is 0. The first-order valence-electron chi connectivity index (χ1n) is 5.44. The minimum atomic E-state index is -0.180. The van der Waals surface area contributed by atoms with E-state index in [0.29, 0.717) is 5.92 Å². The Morgan fingerprint density at radius 3 is 2.25 bits per heavy atom. The first-order chi connectivity index (χ1) is 7.58. The number of thiophene rings is 1. The van der Waals surface area contributed by atoms with Crippen molar-refractivity contribution in [3.8, 4) is 10.4 Å². The standard InChI is InChI=1S/C14H15FS/c1-9(2)14-10(3)8-13(16-14)11-4-6-12(15)7-5-11/h4-9H,1-3H3. The summed E-state index contributed by atoms with van der Waals surface area (Å²) in [5.74, 6) is 0.375. The maximum atomic E-state index is 12.8. The predicted octanol–water partition coefficient (Wildman–Crippen LogP) is 4.99. The summed E-state index contributed by atoms with van der Waals surface area (Å²) in [7, 11) is 0. The van der Waals surface area contributed by atoms with Crippen molar-refractivity contribution in [1.82, 2.24) is 0 Å². The van der Waals surface area contributed by atoms with Gasteiger partial charge in [0.25, 0.3) is 0 Å². The Bertz CT molecular complexity index is 480. The molecule has 1 heterocycles. The predicted molar refractivity (Wildman–Crippen MR) is 68.5 cm³/mol. The molecule has 0 aliphatic carbocycles. The lowest BCUT2D eigenvalue weighted by molar-refractivity contribution is 0.628. The van der Waals surface area contributed by atoms with E-state index in [2.05, 4.69) is 26.8 Å². The molecule has 0 fully saturated rings. The zero-order valence-electron chi connectivity index (χ0n) is 9.75. The first-order valence-corrected chi connectivity index (χ1v) is 6.26. The highest BCUT2D eigenvalue weighted by atomic mass is 32.1. The third-order valence-electron chi connectivity index (χ3n) is 2.61. The van der Waals surface area contributed by atoms with E-state index >= 15 is 0 Å². The highest BCUT2D eigenvalue weighted by molar-refractivity contribution is 7.15. The minimum Gasteiger partial charge on any atom is -0.207 e. The van der Waals surface area contributed by atoms with Gasteiger partial charge in [-0.1, -0.05) is 26.0 Å².